The van der Waals surface area contributed by atoms with Gasteiger partial charge in [0.05, 0.1) is 20.8 Å². The van der Waals surface area contributed by atoms with Crippen molar-refractivity contribution in [1.29, 1.82) is 0 Å². The van der Waals surface area contributed by atoms with Crippen LogP contribution in [0.3, 0.4) is 0 Å². The fraction of sp³-hybridized carbons (Fsp3) is 0.261. The molecule has 0 aliphatic carbocycles. The molecule has 0 spiro atoms. The lowest BCUT2D eigenvalue weighted by molar-refractivity contribution is -0.673. The fourth-order valence-electron chi connectivity index (χ4n) is 3.87. The first kappa shape index (κ1) is 22.1. The zero-order valence-electron chi connectivity index (χ0n) is 17.3. The van der Waals surface area contributed by atoms with E-state index in [1.165, 1.54) is 0 Å². The molecule has 0 N–H and O–H groups in total. The lowest BCUT2D eigenvalue weighted by Gasteiger charge is -2.18. The molecule has 8 heteroatoms. The molecule has 0 amide bonds. The number of rotatable bonds is 6. The van der Waals surface area contributed by atoms with E-state index in [-0.39, 0.29) is 12.2 Å². The van der Waals surface area contributed by atoms with E-state index >= 15 is 0 Å². The van der Waals surface area contributed by atoms with Crippen LogP contribution in [0.4, 0.5) is 5.69 Å². The number of aryl methyl sites for hydroxylation is 2. The van der Waals surface area contributed by atoms with Gasteiger partial charge in [-0.25, -0.2) is 8.42 Å². The van der Waals surface area contributed by atoms with E-state index in [0.29, 0.717) is 11.6 Å². The Morgan fingerprint density at radius 2 is 1.97 bits per heavy atom. The van der Waals surface area contributed by atoms with Gasteiger partial charge in [0.1, 0.15) is 0 Å². The van der Waals surface area contributed by atoms with Gasteiger partial charge in [-0.2, -0.15) is 4.57 Å². The van der Waals surface area contributed by atoms with Gasteiger partial charge in [-0.05, 0) is 44.2 Å². The molecule has 2 heterocycles. The van der Waals surface area contributed by atoms with Crippen molar-refractivity contribution in [3.05, 3.63) is 69.8 Å². The Hall–Kier alpha value is -2.06. The summed E-state index contributed by atoms with van der Waals surface area (Å²) in [5.41, 5.74) is 4.21. The molecule has 5 nitrogen and oxygen atoms in total. The van der Waals surface area contributed by atoms with E-state index in [1.807, 2.05) is 43.3 Å². The minimum absolute atomic E-state index is 0.264. The number of anilines is 1. The molecule has 0 saturated carbocycles. The lowest BCUT2D eigenvalue weighted by atomic mass is 10.1. The van der Waals surface area contributed by atoms with Crippen LogP contribution in [0.15, 0.2) is 58.5 Å². The first-order chi connectivity index (χ1) is 14.7. The van der Waals surface area contributed by atoms with Crippen molar-refractivity contribution in [3.8, 4) is 0 Å². The summed E-state index contributed by atoms with van der Waals surface area (Å²) < 4.78 is 35.5. The molecule has 1 aromatic heterocycles. The van der Waals surface area contributed by atoms with Gasteiger partial charge in [0.25, 0.3) is 0 Å². The van der Waals surface area contributed by atoms with Gasteiger partial charge in [0.2, 0.25) is 11.2 Å². The van der Waals surface area contributed by atoms with E-state index in [9.17, 15) is 13.0 Å². The summed E-state index contributed by atoms with van der Waals surface area (Å²) in [5, 5.41) is 2.86. The van der Waals surface area contributed by atoms with Crippen molar-refractivity contribution in [2.75, 3.05) is 17.2 Å². The molecular weight excluding hydrogens is 452 g/mol. The zero-order valence-corrected chi connectivity index (χ0v) is 19.7. The van der Waals surface area contributed by atoms with Crippen molar-refractivity contribution < 1.29 is 17.5 Å². The molecule has 1 aliphatic heterocycles. The van der Waals surface area contributed by atoms with Gasteiger partial charge in [0, 0.05) is 52.2 Å². The van der Waals surface area contributed by atoms with E-state index in [0.717, 1.165) is 44.3 Å². The average Bonchev–Trinajstić information content (AvgIpc) is 3.04. The third-order valence-corrected chi connectivity index (χ3v) is 7.41. The van der Waals surface area contributed by atoms with Gasteiger partial charge in [-0.15, -0.1) is 0 Å². The van der Waals surface area contributed by atoms with Crippen molar-refractivity contribution in [2.45, 2.75) is 31.7 Å². The SMILES string of the molecule is CCN1/C(=C/c2ccc3cc(C)ccc3[n+]2CCCS(=O)(=O)[O-])Sc2ccc(Cl)cc21. The van der Waals surface area contributed by atoms with Gasteiger partial charge < -0.3 is 9.45 Å². The van der Waals surface area contributed by atoms with Crippen LogP contribution in [-0.4, -0.2) is 25.3 Å². The normalized spacial score (nSPS) is 15.1. The second-order valence-corrected chi connectivity index (χ2v) is 10.6. The number of hydrogen-bond acceptors (Lipinski definition) is 5. The minimum Gasteiger partial charge on any atom is -0.748 e. The van der Waals surface area contributed by atoms with Gasteiger partial charge in [-0.3, -0.25) is 0 Å². The topological polar surface area (TPSA) is 64.3 Å². The predicted molar refractivity (Wildman–Crippen MR) is 126 cm³/mol. The largest absolute Gasteiger partial charge is 0.748 e. The van der Waals surface area contributed by atoms with Gasteiger partial charge in [-0.1, -0.05) is 35.0 Å². The number of aromatic nitrogens is 1. The number of fused-ring (bicyclic) bond motifs is 2. The van der Waals surface area contributed by atoms with Crippen molar-refractivity contribution in [1.82, 2.24) is 0 Å². The van der Waals surface area contributed by atoms with E-state index in [2.05, 4.69) is 34.6 Å². The molecule has 0 bridgehead atoms. The number of benzene rings is 2. The van der Waals surface area contributed by atoms with Gasteiger partial charge in [0.15, 0.2) is 6.54 Å². The molecule has 1 aliphatic rings. The summed E-state index contributed by atoms with van der Waals surface area (Å²) in [5.74, 6) is -0.377. The number of nitrogens with zero attached hydrogens (tertiary/aromatic N) is 2. The zero-order chi connectivity index (χ0) is 22.2. The minimum atomic E-state index is -4.25. The van der Waals surface area contributed by atoms with E-state index in [1.54, 1.807) is 11.8 Å². The van der Waals surface area contributed by atoms with E-state index < -0.39 is 10.1 Å². The highest BCUT2D eigenvalue weighted by molar-refractivity contribution is 8.03. The third kappa shape index (κ3) is 4.90. The summed E-state index contributed by atoms with van der Waals surface area (Å²) >= 11 is 7.90. The highest BCUT2D eigenvalue weighted by Crippen LogP contribution is 2.47. The predicted octanol–water partition coefficient (Wildman–Crippen LogP) is 4.96. The maximum Gasteiger partial charge on any atom is 0.212 e. The Labute approximate surface area is 192 Å². The van der Waals surface area contributed by atoms with Crippen molar-refractivity contribution in [3.63, 3.8) is 0 Å². The maximum atomic E-state index is 11.1. The molecule has 0 saturated heterocycles. The first-order valence-electron chi connectivity index (χ1n) is 10.1. The summed E-state index contributed by atoms with van der Waals surface area (Å²) in [7, 11) is -4.25. The Morgan fingerprint density at radius 1 is 1.16 bits per heavy atom. The Kier molecular flexibility index (Phi) is 6.30. The lowest BCUT2D eigenvalue weighted by Crippen LogP contribution is -2.39. The second kappa shape index (κ2) is 8.82. The molecule has 0 atom stereocenters. The second-order valence-electron chi connectivity index (χ2n) is 7.53. The molecule has 3 aromatic rings. The van der Waals surface area contributed by atoms with Crippen LogP contribution in [0.25, 0.3) is 17.0 Å². The molecule has 31 heavy (non-hydrogen) atoms. The Morgan fingerprint density at radius 3 is 2.71 bits per heavy atom. The van der Waals surface area contributed by atoms with Crippen LogP contribution in [0, 0.1) is 6.92 Å². The Balaban J connectivity index is 1.77. The van der Waals surface area contributed by atoms with E-state index in [4.69, 9.17) is 11.6 Å². The third-order valence-electron chi connectivity index (χ3n) is 5.28. The summed E-state index contributed by atoms with van der Waals surface area (Å²) in [4.78, 5) is 3.37. The highest BCUT2D eigenvalue weighted by Gasteiger charge is 2.26. The van der Waals surface area contributed by atoms with Crippen LogP contribution >= 0.6 is 23.4 Å². The number of pyridine rings is 1. The van der Waals surface area contributed by atoms with Crippen molar-refractivity contribution in [2.24, 2.45) is 0 Å². The van der Waals surface area contributed by atoms with Crippen molar-refractivity contribution >= 4 is 56.1 Å². The first-order valence-corrected chi connectivity index (χ1v) is 12.9. The highest BCUT2D eigenvalue weighted by atomic mass is 35.5. The number of halogens is 1. The Bertz CT molecular complexity index is 1290. The summed E-state index contributed by atoms with van der Waals surface area (Å²) in [6.07, 6.45) is 2.38. The monoisotopic (exact) mass is 474 g/mol. The number of thioether (sulfide) groups is 1. The van der Waals surface area contributed by atoms with Crippen LogP contribution in [0.2, 0.25) is 5.02 Å². The molecule has 0 radical (unpaired) electrons. The average molecular weight is 475 g/mol. The molecule has 162 valence electrons. The quantitative estimate of drug-likeness (QED) is 0.373. The van der Waals surface area contributed by atoms with Crippen LogP contribution in [0.1, 0.15) is 24.6 Å². The molecule has 4 rings (SSSR count). The summed E-state index contributed by atoms with van der Waals surface area (Å²) in [6, 6.07) is 16.2. The molecule has 0 unspecified atom stereocenters. The molecular formula is C23H23ClN2O3S2. The summed E-state index contributed by atoms with van der Waals surface area (Å²) in [6.45, 7) is 5.38. The van der Waals surface area contributed by atoms with Crippen LogP contribution in [0.5, 0.6) is 0 Å². The maximum absolute atomic E-state index is 11.1. The number of hydrogen-bond donors (Lipinski definition) is 0. The van der Waals surface area contributed by atoms with Crippen LogP contribution in [-0.2, 0) is 16.7 Å². The van der Waals surface area contributed by atoms with Gasteiger partial charge >= 0.3 is 0 Å². The smallest absolute Gasteiger partial charge is 0.212 e. The molecule has 0 fully saturated rings. The molecule has 2 aromatic carbocycles. The standard InChI is InChI=1S/C23H23ClN2O3S2/c1-3-25-21-14-18(24)7-10-22(21)30-23(25)15-19-8-6-17-13-16(2)5-9-20(17)26(19)11-4-12-31(27,28)29/h5-10,13-15H,3-4,11-12H2,1-2H3. The fourth-order valence-corrected chi connectivity index (χ4v) is 5.67. The van der Waals surface area contributed by atoms with Crippen LogP contribution < -0.4 is 9.47 Å².